The number of hydrogen-bond donors (Lipinski definition) is 1. The van der Waals surface area contributed by atoms with Crippen LogP contribution in [-0.2, 0) is 13.6 Å². The van der Waals surface area contributed by atoms with E-state index in [-0.39, 0.29) is 23.9 Å². The third-order valence-electron chi connectivity index (χ3n) is 5.13. The zero-order chi connectivity index (χ0) is 22.6. The standard InChI is InChI=1S/C19H15FN10O2/c1-9-11-5-10(20)3-4-14(11)30-19(31)25-27-29(30)8-13-16(15(6-21)28(2)26-13)12-7-23-17(22)18(24-12)32-9/h3-5,7,9H,8H2,1-2H3,(H2,22,23). The summed E-state index contributed by atoms with van der Waals surface area (Å²) in [5.41, 5.74) is 7.28. The minimum atomic E-state index is -0.772. The number of halogens is 1. The van der Waals surface area contributed by atoms with Crippen molar-refractivity contribution >= 4 is 5.82 Å². The first-order chi connectivity index (χ1) is 15.4. The second kappa shape index (κ2) is 6.98. The molecule has 0 spiro atoms. The summed E-state index contributed by atoms with van der Waals surface area (Å²) in [6.45, 7) is 1.64. The summed E-state index contributed by atoms with van der Waals surface area (Å²) in [4.78, 5) is 22.5. The summed E-state index contributed by atoms with van der Waals surface area (Å²) in [7, 11) is 1.61. The van der Waals surface area contributed by atoms with Crippen molar-refractivity contribution in [1.29, 1.82) is 5.26 Å². The van der Waals surface area contributed by atoms with Gasteiger partial charge in [-0.2, -0.15) is 19.8 Å². The largest absolute Gasteiger partial charge is 0.467 e. The fourth-order valence-corrected chi connectivity index (χ4v) is 3.69. The molecule has 3 aromatic heterocycles. The van der Waals surface area contributed by atoms with Gasteiger partial charge >= 0.3 is 5.69 Å². The van der Waals surface area contributed by atoms with E-state index in [0.29, 0.717) is 28.2 Å². The van der Waals surface area contributed by atoms with Crippen LogP contribution in [0.3, 0.4) is 0 Å². The third-order valence-corrected chi connectivity index (χ3v) is 5.13. The number of nitrogen functional groups attached to an aromatic ring is 1. The van der Waals surface area contributed by atoms with Gasteiger partial charge in [0.1, 0.15) is 30.2 Å². The lowest BCUT2D eigenvalue weighted by molar-refractivity contribution is 0.217. The molecule has 1 aliphatic heterocycles. The average Bonchev–Trinajstić information content (AvgIpc) is 3.27. The second-order valence-corrected chi connectivity index (χ2v) is 7.13. The molecule has 1 unspecified atom stereocenters. The molecule has 0 amide bonds. The van der Waals surface area contributed by atoms with Crippen LogP contribution in [-0.4, -0.2) is 39.5 Å². The number of hydrogen-bond acceptors (Lipinski definition) is 9. The lowest BCUT2D eigenvalue weighted by Gasteiger charge is -2.20. The molecule has 1 atom stereocenters. The smallest absolute Gasteiger partial charge is 0.388 e. The van der Waals surface area contributed by atoms with E-state index in [1.54, 1.807) is 14.0 Å². The van der Waals surface area contributed by atoms with Crippen LogP contribution < -0.4 is 16.2 Å². The first-order valence-electron chi connectivity index (χ1n) is 9.45. The number of tetrazole rings is 1. The fourth-order valence-electron chi connectivity index (χ4n) is 3.69. The van der Waals surface area contributed by atoms with Gasteiger partial charge in [-0.05, 0) is 30.3 Å². The molecule has 5 rings (SSSR count). The van der Waals surface area contributed by atoms with E-state index in [4.69, 9.17) is 10.5 Å². The monoisotopic (exact) mass is 434 g/mol. The van der Waals surface area contributed by atoms with Crippen LogP contribution in [0.2, 0.25) is 0 Å². The normalized spacial score (nSPS) is 14.8. The molecule has 2 N–H and O–H groups in total. The number of ether oxygens (including phenoxy) is 1. The van der Waals surface area contributed by atoms with Crippen LogP contribution in [0.25, 0.3) is 16.9 Å². The van der Waals surface area contributed by atoms with Crippen molar-refractivity contribution in [2.24, 2.45) is 7.05 Å². The van der Waals surface area contributed by atoms with Gasteiger partial charge in [0, 0.05) is 12.6 Å². The van der Waals surface area contributed by atoms with Crippen LogP contribution in [0.1, 0.15) is 30.0 Å². The van der Waals surface area contributed by atoms with Crippen LogP contribution in [0, 0.1) is 17.1 Å². The molecule has 32 heavy (non-hydrogen) atoms. The molecule has 0 saturated carbocycles. The number of anilines is 1. The van der Waals surface area contributed by atoms with Gasteiger partial charge in [0.25, 0.3) is 5.88 Å². The molecule has 13 heteroatoms. The first kappa shape index (κ1) is 19.4. The summed E-state index contributed by atoms with van der Waals surface area (Å²) >= 11 is 0. The molecule has 160 valence electrons. The molecule has 4 aromatic rings. The van der Waals surface area contributed by atoms with Crippen LogP contribution >= 0.6 is 0 Å². The van der Waals surface area contributed by atoms with Crippen LogP contribution in [0.15, 0.2) is 29.2 Å². The highest BCUT2D eigenvalue weighted by Gasteiger charge is 2.26. The number of nitriles is 1. The van der Waals surface area contributed by atoms with Crippen LogP contribution in [0.4, 0.5) is 10.2 Å². The number of benzene rings is 1. The van der Waals surface area contributed by atoms with Gasteiger partial charge in [0.2, 0.25) is 0 Å². The molecule has 0 saturated heterocycles. The van der Waals surface area contributed by atoms with E-state index in [1.165, 1.54) is 38.6 Å². The van der Waals surface area contributed by atoms with E-state index in [1.807, 2.05) is 0 Å². The van der Waals surface area contributed by atoms with E-state index in [0.717, 1.165) is 0 Å². The molecule has 0 aliphatic carbocycles. The highest BCUT2D eigenvalue weighted by atomic mass is 19.1. The van der Waals surface area contributed by atoms with Crippen LogP contribution in [0.5, 0.6) is 5.88 Å². The molecular formula is C19H15FN10O2. The molecule has 0 fully saturated rings. The van der Waals surface area contributed by atoms with Gasteiger partial charge in [-0.3, -0.25) is 4.68 Å². The molecule has 1 aromatic carbocycles. The van der Waals surface area contributed by atoms with Gasteiger partial charge in [0.15, 0.2) is 5.82 Å². The Kier molecular flexibility index (Phi) is 4.22. The summed E-state index contributed by atoms with van der Waals surface area (Å²) < 4.78 is 22.7. The molecule has 1 aliphatic rings. The van der Waals surface area contributed by atoms with Gasteiger partial charge in [-0.1, -0.05) is 5.10 Å². The SMILES string of the molecule is CC1Oc2nc(cnc2N)-c2c(nn(C)c2C#N)Cn2nnc(=O)n2-c2ccc(F)cc21. The maximum atomic E-state index is 14.1. The molecule has 12 nitrogen and oxygen atoms in total. The van der Waals surface area contributed by atoms with Gasteiger partial charge in [-0.15, -0.1) is 0 Å². The third kappa shape index (κ3) is 2.88. The number of nitrogens with two attached hydrogens (primary N) is 1. The maximum Gasteiger partial charge on any atom is 0.388 e. The lowest BCUT2D eigenvalue weighted by Crippen LogP contribution is -2.25. The van der Waals surface area contributed by atoms with Crippen molar-refractivity contribution in [3.05, 3.63) is 57.6 Å². The first-order valence-corrected chi connectivity index (χ1v) is 9.45. The van der Waals surface area contributed by atoms with E-state index in [2.05, 4.69) is 31.4 Å². The van der Waals surface area contributed by atoms with Crippen molar-refractivity contribution in [1.82, 2.24) is 39.5 Å². The fraction of sp³-hybridized carbons (Fsp3) is 0.211. The molecule has 0 radical (unpaired) electrons. The Morgan fingerprint density at radius 3 is 2.97 bits per heavy atom. The highest BCUT2D eigenvalue weighted by molar-refractivity contribution is 5.69. The molecular weight excluding hydrogens is 419 g/mol. The van der Waals surface area contributed by atoms with Crippen molar-refractivity contribution in [2.75, 3.05) is 5.73 Å². The summed E-state index contributed by atoms with van der Waals surface area (Å²) in [6, 6.07) is 6.01. The zero-order valence-electron chi connectivity index (χ0n) is 16.9. The van der Waals surface area contributed by atoms with Gasteiger partial charge < -0.3 is 10.5 Å². The Hall–Kier alpha value is -4.60. The van der Waals surface area contributed by atoms with Crippen molar-refractivity contribution in [3.63, 3.8) is 0 Å². The molecule has 4 heterocycles. The second-order valence-electron chi connectivity index (χ2n) is 7.13. The van der Waals surface area contributed by atoms with Crippen molar-refractivity contribution < 1.29 is 9.13 Å². The quantitative estimate of drug-likeness (QED) is 0.421. The Bertz CT molecular complexity index is 1480. The number of rotatable bonds is 0. The predicted octanol–water partition coefficient (Wildman–Crippen LogP) is 0.714. The van der Waals surface area contributed by atoms with Crippen molar-refractivity contribution in [2.45, 2.75) is 19.6 Å². The van der Waals surface area contributed by atoms with Gasteiger partial charge in [-0.25, -0.2) is 19.2 Å². The highest BCUT2D eigenvalue weighted by Crippen LogP contribution is 2.33. The van der Waals surface area contributed by atoms with Gasteiger partial charge in [0.05, 0.1) is 28.8 Å². The maximum absolute atomic E-state index is 14.1. The van der Waals surface area contributed by atoms with E-state index in [9.17, 15) is 14.4 Å². The number of fused-ring (bicyclic) bond motifs is 7. The zero-order valence-corrected chi connectivity index (χ0v) is 16.9. The van der Waals surface area contributed by atoms with E-state index >= 15 is 0 Å². The number of aromatic nitrogens is 8. The van der Waals surface area contributed by atoms with E-state index < -0.39 is 17.6 Å². The Labute approximate surface area is 179 Å². The minimum absolute atomic E-state index is 0.00320. The minimum Gasteiger partial charge on any atom is -0.467 e. The number of aryl methyl sites for hydroxylation is 1. The average molecular weight is 434 g/mol. The predicted molar refractivity (Wildman–Crippen MR) is 107 cm³/mol. The Morgan fingerprint density at radius 1 is 1.38 bits per heavy atom. The summed E-state index contributed by atoms with van der Waals surface area (Å²) in [5, 5.41) is 21.7. The Morgan fingerprint density at radius 2 is 2.19 bits per heavy atom. The summed E-state index contributed by atoms with van der Waals surface area (Å²) in [5.74, 6) is -0.497. The number of nitrogens with zero attached hydrogens (tertiary/aromatic N) is 9. The molecule has 2 bridgehead atoms. The topological polar surface area (TPSA) is 155 Å². The lowest BCUT2D eigenvalue weighted by atomic mass is 10.1. The Balaban J connectivity index is 1.86. The van der Waals surface area contributed by atoms with Crippen molar-refractivity contribution in [3.8, 4) is 28.9 Å². The summed E-state index contributed by atoms with van der Waals surface area (Å²) in [6.07, 6.45) is 0.633.